The fourth-order valence-corrected chi connectivity index (χ4v) is 4.96. The van der Waals surface area contributed by atoms with E-state index in [1.165, 1.54) is 47.0 Å². The van der Waals surface area contributed by atoms with E-state index in [1.807, 2.05) is 0 Å². The normalized spacial score (nSPS) is 24.3. The molecule has 0 saturated carbocycles. The average Bonchev–Trinajstić information content (AvgIpc) is 3.29. The number of aromatic nitrogens is 4. The summed E-state index contributed by atoms with van der Waals surface area (Å²) in [4.78, 5) is 49.2. The van der Waals surface area contributed by atoms with Gasteiger partial charge in [-0.05, 0) is 35.0 Å². The molecule has 2 saturated heterocycles. The highest BCUT2D eigenvalue weighted by Crippen LogP contribution is 2.42. The van der Waals surface area contributed by atoms with Gasteiger partial charge >= 0.3 is 5.97 Å². The Morgan fingerprint density at radius 3 is 2.78 bits per heavy atom. The third-order valence-corrected chi connectivity index (χ3v) is 6.93. The van der Waals surface area contributed by atoms with Gasteiger partial charge in [-0.25, -0.2) is 4.68 Å². The number of hydrogen-bond donors (Lipinski definition) is 1. The molecule has 168 valence electrons. The van der Waals surface area contributed by atoms with Gasteiger partial charge in [0.2, 0.25) is 11.8 Å². The van der Waals surface area contributed by atoms with Crippen LogP contribution in [0.5, 0.6) is 0 Å². The van der Waals surface area contributed by atoms with E-state index in [0.29, 0.717) is 11.3 Å². The molecule has 2 fully saturated rings. The first-order valence-corrected chi connectivity index (χ1v) is 10.6. The molecular formula is C18H19N7O6S. The van der Waals surface area contributed by atoms with Crippen molar-refractivity contribution in [3.05, 3.63) is 46.3 Å². The summed E-state index contributed by atoms with van der Waals surface area (Å²) in [5.41, 5.74) is -0.323. The number of thioether (sulfide) groups is 1. The van der Waals surface area contributed by atoms with Crippen molar-refractivity contribution in [2.45, 2.75) is 31.5 Å². The van der Waals surface area contributed by atoms with E-state index >= 15 is 0 Å². The molecule has 0 aliphatic carbocycles. The number of tetrazole rings is 1. The minimum atomic E-state index is -0.904. The Hall–Kier alpha value is -3.55. The van der Waals surface area contributed by atoms with E-state index in [9.17, 15) is 24.5 Å². The molecule has 2 aliphatic rings. The van der Waals surface area contributed by atoms with Gasteiger partial charge in [-0.15, -0.1) is 16.9 Å². The lowest BCUT2D eigenvalue weighted by molar-refractivity contribution is -0.384. The van der Waals surface area contributed by atoms with Crippen molar-refractivity contribution in [2.75, 3.05) is 12.3 Å². The van der Waals surface area contributed by atoms with Crippen LogP contribution in [0.3, 0.4) is 0 Å². The summed E-state index contributed by atoms with van der Waals surface area (Å²) in [5, 5.41) is 23.7. The maximum absolute atomic E-state index is 12.7. The second-order valence-corrected chi connectivity index (χ2v) is 8.89. The van der Waals surface area contributed by atoms with E-state index in [-0.39, 0.29) is 42.6 Å². The lowest BCUT2D eigenvalue weighted by Crippen LogP contribution is -2.73. The van der Waals surface area contributed by atoms with Gasteiger partial charge < -0.3 is 15.0 Å². The maximum Gasteiger partial charge on any atom is 0.314 e. The lowest BCUT2D eigenvalue weighted by Gasteiger charge is -2.53. The summed E-state index contributed by atoms with van der Waals surface area (Å²) < 4.78 is 6.66. The number of benzene rings is 1. The molecule has 0 radical (unpaired) electrons. The Balaban J connectivity index is 1.29. The standard InChI is InChI=1S/C18H19N7O6S/c1-18(17(28)31-7-11-2-4-12(5-3-11)25(29)30)8-24-15(27)14(16(24)32-9-18)20-13(26)6-23-10-19-21-22-23/h2-5,10,14,16H,6-9H2,1H3,(H,20,26)/t14?,16-,18?/m1/s1. The molecule has 2 aromatic rings. The van der Waals surface area contributed by atoms with E-state index in [1.54, 1.807) is 11.8 Å². The number of amides is 2. The zero-order chi connectivity index (χ0) is 22.9. The van der Waals surface area contributed by atoms with Crippen LogP contribution in [0.15, 0.2) is 30.6 Å². The van der Waals surface area contributed by atoms with Gasteiger partial charge in [0.05, 0.1) is 10.3 Å². The molecule has 1 aromatic heterocycles. The van der Waals surface area contributed by atoms with Gasteiger partial charge in [0.1, 0.15) is 30.9 Å². The summed E-state index contributed by atoms with van der Waals surface area (Å²) >= 11 is 1.40. The summed E-state index contributed by atoms with van der Waals surface area (Å²) in [7, 11) is 0. The number of nitrogens with one attached hydrogen (secondary N) is 1. The van der Waals surface area contributed by atoms with Crippen molar-refractivity contribution in [3.8, 4) is 0 Å². The molecule has 3 atom stereocenters. The van der Waals surface area contributed by atoms with Gasteiger partial charge in [-0.2, -0.15) is 0 Å². The van der Waals surface area contributed by atoms with Crippen LogP contribution in [-0.2, 0) is 32.3 Å². The van der Waals surface area contributed by atoms with E-state index in [0.717, 1.165) is 0 Å². The van der Waals surface area contributed by atoms with Crippen molar-refractivity contribution >= 4 is 35.2 Å². The first-order valence-electron chi connectivity index (χ1n) is 9.60. The van der Waals surface area contributed by atoms with Gasteiger partial charge in [0.15, 0.2) is 0 Å². The maximum atomic E-state index is 12.7. The molecule has 2 aliphatic heterocycles. The summed E-state index contributed by atoms with van der Waals surface area (Å²) in [6, 6.07) is 5.09. The Labute approximate surface area is 185 Å². The Morgan fingerprint density at radius 2 is 2.12 bits per heavy atom. The van der Waals surface area contributed by atoms with Crippen molar-refractivity contribution in [1.29, 1.82) is 0 Å². The number of nitro benzene ring substituents is 1. The van der Waals surface area contributed by atoms with Crippen molar-refractivity contribution < 1.29 is 24.0 Å². The number of esters is 1. The zero-order valence-corrected chi connectivity index (χ0v) is 17.7. The van der Waals surface area contributed by atoms with Gasteiger partial charge in [-0.1, -0.05) is 0 Å². The van der Waals surface area contributed by atoms with Crippen LogP contribution >= 0.6 is 11.8 Å². The van der Waals surface area contributed by atoms with E-state index in [4.69, 9.17) is 4.74 Å². The minimum Gasteiger partial charge on any atom is -0.460 e. The predicted octanol–water partition coefficient (Wildman–Crippen LogP) is -0.269. The number of fused-ring (bicyclic) bond motifs is 1. The molecule has 2 amide bonds. The lowest BCUT2D eigenvalue weighted by atomic mass is 9.89. The highest BCUT2D eigenvalue weighted by molar-refractivity contribution is 8.00. The van der Waals surface area contributed by atoms with E-state index in [2.05, 4.69) is 20.8 Å². The molecular weight excluding hydrogens is 442 g/mol. The fourth-order valence-electron chi connectivity index (χ4n) is 3.48. The third kappa shape index (κ3) is 4.26. The molecule has 1 aromatic carbocycles. The first kappa shape index (κ1) is 21.7. The summed E-state index contributed by atoms with van der Waals surface area (Å²) in [5.74, 6) is -0.686. The fraction of sp³-hybridized carbons (Fsp3) is 0.444. The molecule has 3 heterocycles. The van der Waals surface area contributed by atoms with E-state index < -0.39 is 22.3 Å². The highest BCUT2D eigenvalue weighted by Gasteiger charge is 2.56. The molecule has 13 nitrogen and oxygen atoms in total. The Bertz CT molecular complexity index is 1050. The zero-order valence-electron chi connectivity index (χ0n) is 16.9. The second kappa shape index (κ2) is 8.53. The Morgan fingerprint density at radius 1 is 1.38 bits per heavy atom. The number of nitrogens with zero attached hydrogens (tertiary/aromatic N) is 6. The number of rotatable bonds is 7. The van der Waals surface area contributed by atoms with Crippen LogP contribution in [0.2, 0.25) is 0 Å². The highest BCUT2D eigenvalue weighted by atomic mass is 32.2. The number of non-ortho nitro benzene ring substituents is 1. The van der Waals surface area contributed by atoms with Crippen molar-refractivity contribution in [1.82, 2.24) is 30.4 Å². The van der Waals surface area contributed by atoms with Gasteiger partial charge in [0.25, 0.3) is 5.69 Å². The molecule has 4 rings (SSSR count). The smallest absolute Gasteiger partial charge is 0.314 e. The van der Waals surface area contributed by atoms with Crippen molar-refractivity contribution in [2.24, 2.45) is 5.41 Å². The monoisotopic (exact) mass is 461 g/mol. The topological polar surface area (TPSA) is 162 Å². The summed E-state index contributed by atoms with van der Waals surface area (Å²) in [6.07, 6.45) is 1.30. The number of carbonyl (C=O) groups excluding carboxylic acids is 3. The average molecular weight is 461 g/mol. The molecule has 0 bridgehead atoms. The van der Waals surface area contributed by atoms with Crippen LogP contribution in [0, 0.1) is 15.5 Å². The molecule has 32 heavy (non-hydrogen) atoms. The molecule has 0 spiro atoms. The molecule has 1 N–H and O–H groups in total. The van der Waals surface area contributed by atoms with Crippen LogP contribution < -0.4 is 5.32 Å². The molecule has 14 heteroatoms. The first-order chi connectivity index (χ1) is 15.3. The quantitative estimate of drug-likeness (QED) is 0.251. The predicted molar refractivity (Wildman–Crippen MR) is 109 cm³/mol. The number of hydrogen-bond acceptors (Lipinski definition) is 10. The number of ether oxygens (including phenoxy) is 1. The van der Waals surface area contributed by atoms with Crippen LogP contribution in [0.4, 0.5) is 5.69 Å². The van der Waals surface area contributed by atoms with Crippen molar-refractivity contribution in [3.63, 3.8) is 0 Å². The van der Waals surface area contributed by atoms with Crippen LogP contribution in [-0.4, -0.2) is 71.5 Å². The minimum absolute atomic E-state index is 0.0235. The number of β-lactam (4-membered cyclic amide) rings is 1. The molecule has 2 unspecified atom stereocenters. The van der Waals surface area contributed by atoms with Crippen LogP contribution in [0.1, 0.15) is 12.5 Å². The SMILES string of the molecule is CC1(C(=O)OCc2ccc([N+](=O)[O-])cc2)CS[C@@H]2C(NC(=O)Cn3cnnn3)C(=O)N2C1. The number of nitro groups is 1. The largest absolute Gasteiger partial charge is 0.460 e. The third-order valence-electron chi connectivity index (χ3n) is 5.26. The second-order valence-electron chi connectivity index (χ2n) is 7.78. The number of carbonyl (C=O) groups is 3. The van der Waals surface area contributed by atoms with Crippen LogP contribution in [0.25, 0.3) is 0 Å². The van der Waals surface area contributed by atoms with Gasteiger partial charge in [0, 0.05) is 24.4 Å². The Kier molecular flexibility index (Phi) is 5.78. The summed E-state index contributed by atoms with van der Waals surface area (Å²) in [6.45, 7) is 1.79. The van der Waals surface area contributed by atoms with Gasteiger partial charge in [-0.3, -0.25) is 24.5 Å².